The number of hydrogen-bond donors (Lipinski definition) is 2. The van der Waals surface area contributed by atoms with E-state index in [0.29, 0.717) is 11.4 Å². The highest BCUT2D eigenvalue weighted by Crippen LogP contribution is 2.24. The average molecular weight is 400 g/mol. The molecule has 3 aromatic rings. The summed E-state index contributed by atoms with van der Waals surface area (Å²) in [6.45, 7) is 0. The molecule has 0 radical (unpaired) electrons. The Hall–Kier alpha value is -3.45. The largest absolute Gasteiger partial charge is 0.465 e. The van der Waals surface area contributed by atoms with E-state index in [-0.39, 0.29) is 27.8 Å². The second-order valence-electron chi connectivity index (χ2n) is 5.71. The lowest BCUT2D eigenvalue weighted by atomic mass is 10.2. The molecule has 2 aromatic carbocycles. The summed E-state index contributed by atoms with van der Waals surface area (Å²) in [6.07, 6.45) is 1.45. The Kier molecular flexibility index (Phi) is 5.86. The van der Waals surface area contributed by atoms with Crippen molar-refractivity contribution in [2.45, 2.75) is 0 Å². The molecule has 1 amide bonds. The van der Waals surface area contributed by atoms with Crippen LogP contribution in [-0.2, 0) is 4.74 Å². The molecule has 0 atom stereocenters. The Balaban J connectivity index is 1.72. The molecule has 142 valence electrons. The van der Waals surface area contributed by atoms with Crippen molar-refractivity contribution in [2.24, 2.45) is 0 Å². The molecule has 2 N–H and O–H groups in total. The molecule has 0 spiro atoms. The van der Waals surface area contributed by atoms with Gasteiger partial charge in [-0.05, 0) is 48.5 Å². The van der Waals surface area contributed by atoms with Gasteiger partial charge >= 0.3 is 5.97 Å². The summed E-state index contributed by atoms with van der Waals surface area (Å²) >= 11 is 6.08. The summed E-state index contributed by atoms with van der Waals surface area (Å²) in [6, 6.07) is 13.5. The fraction of sp³-hybridized carbons (Fsp3) is 0.0500. The van der Waals surface area contributed by atoms with Crippen molar-refractivity contribution >= 4 is 40.5 Å². The number of carbonyl (C=O) groups excluding carboxylic acids is 2. The van der Waals surface area contributed by atoms with Crippen LogP contribution in [0.25, 0.3) is 0 Å². The van der Waals surface area contributed by atoms with Crippen molar-refractivity contribution in [1.82, 2.24) is 4.98 Å². The predicted molar refractivity (Wildman–Crippen MR) is 105 cm³/mol. The number of nitrogens with one attached hydrogen (secondary N) is 2. The molecule has 8 heteroatoms. The Morgan fingerprint density at radius 1 is 1.07 bits per heavy atom. The van der Waals surface area contributed by atoms with Crippen LogP contribution in [-0.4, -0.2) is 24.0 Å². The summed E-state index contributed by atoms with van der Waals surface area (Å²) in [4.78, 5) is 28.1. The number of ether oxygens (including phenoxy) is 1. The van der Waals surface area contributed by atoms with Gasteiger partial charge in [0, 0.05) is 5.69 Å². The van der Waals surface area contributed by atoms with Crippen molar-refractivity contribution in [2.75, 3.05) is 17.7 Å². The number of methoxy groups -OCH3 is 1. The van der Waals surface area contributed by atoms with Gasteiger partial charge in [0.2, 0.25) is 0 Å². The number of aromatic nitrogens is 1. The third-order valence-electron chi connectivity index (χ3n) is 3.75. The van der Waals surface area contributed by atoms with Crippen LogP contribution in [0.15, 0.2) is 60.8 Å². The standard InChI is InChI=1S/C20H15ClFN3O3/c1-28-20(27)12-5-7-16(21)18(9-12)25-19(26)17-8-6-15(11-23-17)24-14-4-2-3-13(22)10-14/h2-11,24H,1H3,(H,25,26). The molecule has 1 heterocycles. The summed E-state index contributed by atoms with van der Waals surface area (Å²) in [5.74, 6) is -1.40. The van der Waals surface area contributed by atoms with Crippen LogP contribution < -0.4 is 10.6 Å². The number of halogens is 2. The van der Waals surface area contributed by atoms with Crippen LogP contribution in [0.5, 0.6) is 0 Å². The first-order chi connectivity index (χ1) is 13.5. The summed E-state index contributed by atoms with van der Waals surface area (Å²) < 4.78 is 17.9. The maximum absolute atomic E-state index is 13.2. The Morgan fingerprint density at radius 2 is 1.89 bits per heavy atom. The second kappa shape index (κ2) is 8.49. The minimum absolute atomic E-state index is 0.143. The first-order valence-corrected chi connectivity index (χ1v) is 8.52. The van der Waals surface area contributed by atoms with Crippen LogP contribution in [0.1, 0.15) is 20.8 Å². The molecule has 0 fully saturated rings. The number of amides is 1. The van der Waals surface area contributed by atoms with E-state index in [1.165, 1.54) is 49.7 Å². The van der Waals surface area contributed by atoms with Crippen molar-refractivity contribution in [1.29, 1.82) is 0 Å². The lowest BCUT2D eigenvalue weighted by Crippen LogP contribution is -2.14. The molecule has 0 bridgehead atoms. The third-order valence-corrected chi connectivity index (χ3v) is 4.07. The number of anilines is 3. The fourth-order valence-electron chi connectivity index (χ4n) is 2.39. The van der Waals surface area contributed by atoms with Gasteiger partial charge in [0.25, 0.3) is 5.91 Å². The average Bonchev–Trinajstić information content (AvgIpc) is 2.69. The highest BCUT2D eigenvalue weighted by Gasteiger charge is 2.13. The molecule has 28 heavy (non-hydrogen) atoms. The van der Waals surface area contributed by atoms with Crippen molar-refractivity contribution < 1.29 is 18.7 Å². The number of hydrogen-bond acceptors (Lipinski definition) is 5. The zero-order valence-corrected chi connectivity index (χ0v) is 15.5. The van der Waals surface area contributed by atoms with Gasteiger partial charge in [-0.3, -0.25) is 4.79 Å². The number of rotatable bonds is 5. The van der Waals surface area contributed by atoms with Crippen molar-refractivity contribution in [3.63, 3.8) is 0 Å². The Morgan fingerprint density at radius 3 is 2.57 bits per heavy atom. The second-order valence-corrected chi connectivity index (χ2v) is 6.11. The Bertz CT molecular complexity index is 1030. The SMILES string of the molecule is COC(=O)c1ccc(Cl)c(NC(=O)c2ccc(Nc3cccc(F)c3)cn2)c1. The number of benzene rings is 2. The lowest BCUT2D eigenvalue weighted by Gasteiger charge is -2.10. The molecule has 0 aliphatic rings. The molecule has 1 aromatic heterocycles. The molecule has 3 rings (SSSR count). The molecule has 0 saturated heterocycles. The Labute approximate surface area is 165 Å². The van der Waals surface area contributed by atoms with Crippen LogP contribution in [0.3, 0.4) is 0 Å². The van der Waals surface area contributed by atoms with E-state index in [2.05, 4.69) is 20.4 Å². The van der Waals surface area contributed by atoms with Crippen LogP contribution in [0, 0.1) is 5.82 Å². The smallest absolute Gasteiger partial charge is 0.337 e. The van der Waals surface area contributed by atoms with Crippen LogP contribution in [0.4, 0.5) is 21.5 Å². The van der Waals surface area contributed by atoms with Gasteiger partial charge < -0.3 is 15.4 Å². The number of carbonyl (C=O) groups is 2. The van der Waals surface area contributed by atoms with Crippen LogP contribution in [0.2, 0.25) is 5.02 Å². The molecule has 0 aliphatic carbocycles. The van der Waals surface area contributed by atoms with Crippen molar-refractivity contribution in [3.05, 3.63) is 82.9 Å². The summed E-state index contributed by atoms with van der Waals surface area (Å²) in [7, 11) is 1.26. The lowest BCUT2D eigenvalue weighted by molar-refractivity contribution is 0.0600. The van der Waals surface area contributed by atoms with Crippen molar-refractivity contribution in [3.8, 4) is 0 Å². The quantitative estimate of drug-likeness (QED) is 0.610. The van der Waals surface area contributed by atoms with Gasteiger partial charge in [-0.15, -0.1) is 0 Å². The molecular formula is C20H15ClFN3O3. The van der Waals surface area contributed by atoms with Gasteiger partial charge in [0.1, 0.15) is 11.5 Å². The van der Waals surface area contributed by atoms with Gasteiger partial charge in [-0.2, -0.15) is 0 Å². The molecule has 0 aliphatic heterocycles. The highest BCUT2D eigenvalue weighted by atomic mass is 35.5. The maximum Gasteiger partial charge on any atom is 0.337 e. The predicted octanol–water partition coefficient (Wildman–Crippen LogP) is 4.66. The fourth-order valence-corrected chi connectivity index (χ4v) is 2.55. The minimum Gasteiger partial charge on any atom is -0.465 e. The number of esters is 1. The summed E-state index contributed by atoms with van der Waals surface area (Å²) in [5.41, 5.74) is 1.81. The molecule has 6 nitrogen and oxygen atoms in total. The van der Waals surface area contributed by atoms with E-state index >= 15 is 0 Å². The molecular weight excluding hydrogens is 385 g/mol. The minimum atomic E-state index is -0.543. The van der Waals surface area contributed by atoms with Gasteiger partial charge in [-0.25, -0.2) is 14.2 Å². The topological polar surface area (TPSA) is 80.3 Å². The van der Waals surface area contributed by atoms with E-state index in [1.807, 2.05) is 0 Å². The van der Waals surface area contributed by atoms with E-state index in [1.54, 1.807) is 18.2 Å². The van der Waals surface area contributed by atoms with E-state index in [9.17, 15) is 14.0 Å². The number of nitrogens with zero attached hydrogens (tertiary/aromatic N) is 1. The van der Waals surface area contributed by atoms with E-state index < -0.39 is 11.9 Å². The molecule has 0 unspecified atom stereocenters. The zero-order chi connectivity index (χ0) is 20.1. The first kappa shape index (κ1) is 19.3. The van der Waals surface area contributed by atoms with Gasteiger partial charge in [-0.1, -0.05) is 17.7 Å². The monoisotopic (exact) mass is 399 g/mol. The zero-order valence-electron chi connectivity index (χ0n) is 14.7. The maximum atomic E-state index is 13.2. The summed E-state index contributed by atoms with van der Waals surface area (Å²) in [5, 5.41) is 5.87. The number of pyridine rings is 1. The van der Waals surface area contributed by atoms with E-state index in [4.69, 9.17) is 11.6 Å². The van der Waals surface area contributed by atoms with E-state index in [0.717, 1.165) is 0 Å². The third kappa shape index (κ3) is 4.63. The normalized spacial score (nSPS) is 10.2. The van der Waals surface area contributed by atoms with Gasteiger partial charge in [0.15, 0.2) is 0 Å². The highest BCUT2D eigenvalue weighted by molar-refractivity contribution is 6.34. The first-order valence-electron chi connectivity index (χ1n) is 8.14. The molecule has 0 saturated carbocycles. The van der Waals surface area contributed by atoms with Gasteiger partial charge in [0.05, 0.1) is 35.3 Å². The van der Waals surface area contributed by atoms with Crippen LogP contribution >= 0.6 is 11.6 Å².